The number of anilines is 1. The average Bonchev–Trinajstić information content (AvgIpc) is 2.88. The number of nitrogens with zero attached hydrogens (tertiary/aromatic N) is 1. The fraction of sp³-hybridized carbons (Fsp3) is 0.424. The van der Waals surface area contributed by atoms with Gasteiger partial charge >= 0.3 is 6.09 Å². The molecule has 8 nitrogen and oxygen atoms in total. The molecule has 0 heterocycles. The Morgan fingerprint density at radius 1 is 0.951 bits per heavy atom. The zero-order valence-corrected chi connectivity index (χ0v) is 24.9. The molecule has 0 fully saturated rings. The molecule has 0 saturated carbocycles. The van der Waals surface area contributed by atoms with Crippen LogP contribution in [-0.2, 0) is 14.3 Å². The van der Waals surface area contributed by atoms with Crippen LogP contribution in [0.4, 0.5) is 10.5 Å². The molecule has 8 heteroatoms. The maximum Gasteiger partial charge on any atom is 0.408 e. The van der Waals surface area contributed by atoms with E-state index in [1.807, 2.05) is 63.2 Å². The normalized spacial score (nSPS) is 13.0. The Balaban J connectivity index is 2.02. The molecule has 0 radical (unpaired) electrons. The monoisotopic (exact) mass is 561 g/mol. The molecule has 0 aliphatic carbocycles. The number of phenolic OH excluding ortho intramolecular Hbond substituents is 1. The lowest BCUT2D eigenvalue weighted by Crippen LogP contribution is -2.53. The number of alkyl carbamates (subject to hydrolysis) is 1. The van der Waals surface area contributed by atoms with Crippen LogP contribution >= 0.6 is 0 Å². The standard InChI is InChI=1S/C33H43N3O5/c1-7-8-18-36(31(39)28(19-22(2)3)35-32(40)41-33(4,5)6)29(25-14-11-15-27(37)21-25)30(38)34-26-17-16-23-12-9-10-13-24(23)20-26/h9-17,20-22,28-29,37H,7-8,18-19H2,1-6H3,(H,34,38)(H,35,40). The van der Waals surface area contributed by atoms with Crippen molar-refractivity contribution in [3.8, 4) is 5.75 Å². The van der Waals surface area contributed by atoms with Crippen molar-refractivity contribution in [1.29, 1.82) is 0 Å². The van der Waals surface area contributed by atoms with Crippen LogP contribution in [0.3, 0.4) is 0 Å². The number of phenols is 1. The van der Waals surface area contributed by atoms with Gasteiger partial charge in [-0.1, -0.05) is 69.7 Å². The van der Waals surface area contributed by atoms with Crippen molar-refractivity contribution < 1.29 is 24.2 Å². The number of ether oxygens (including phenoxy) is 1. The van der Waals surface area contributed by atoms with E-state index in [-0.39, 0.29) is 24.1 Å². The molecule has 0 bridgehead atoms. The number of carbonyl (C=O) groups is 3. The minimum absolute atomic E-state index is 0.0143. The highest BCUT2D eigenvalue weighted by Gasteiger charge is 2.36. The number of benzene rings is 3. The minimum Gasteiger partial charge on any atom is -0.508 e. The molecule has 3 amide bonds. The van der Waals surface area contributed by atoms with Crippen LogP contribution in [0.25, 0.3) is 10.8 Å². The summed E-state index contributed by atoms with van der Waals surface area (Å²) in [4.78, 5) is 42.5. The lowest BCUT2D eigenvalue weighted by molar-refractivity contribution is -0.141. The van der Waals surface area contributed by atoms with Gasteiger partial charge in [-0.2, -0.15) is 0 Å². The van der Waals surface area contributed by atoms with Gasteiger partial charge in [0.05, 0.1) is 0 Å². The maximum absolute atomic E-state index is 14.2. The number of hydrogen-bond acceptors (Lipinski definition) is 5. The molecule has 3 rings (SSSR count). The third-order valence-electron chi connectivity index (χ3n) is 6.49. The van der Waals surface area contributed by atoms with E-state index in [9.17, 15) is 19.5 Å². The fourth-order valence-electron chi connectivity index (χ4n) is 4.68. The van der Waals surface area contributed by atoms with Gasteiger partial charge in [0.25, 0.3) is 5.91 Å². The second-order valence-electron chi connectivity index (χ2n) is 11.8. The zero-order valence-electron chi connectivity index (χ0n) is 24.9. The average molecular weight is 562 g/mol. The number of unbranched alkanes of at least 4 members (excludes halogenated alkanes) is 1. The van der Waals surface area contributed by atoms with Crippen LogP contribution in [-0.4, -0.2) is 46.1 Å². The van der Waals surface area contributed by atoms with Gasteiger partial charge in [0.1, 0.15) is 23.4 Å². The van der Waals surface area contributed by atoms with Crippen molar-refractivity contribution in [2.75, 3.05) is 11.9 Å². The molecule has 220 valence electrons. The number of hydrogen-bond donors (Lipinski definition) is 3. The first-order valence-corrected chi connectivity index (χ1v) is 14.3. The predicted octanol–water partition coefficient (Wildman–Crippen LogP) is 6.79. The molecule has 3 aromatic carbocycles. The van der Waals surface area contributed by atoms with Crippen LogP contribution in [0.2, 0.25) is 0 Å². The van der Waals surface area contributed by atoms with Crippen LogP contribution in [0.15, 0.2) is 66.7 Å². The third kappa shape index (κ3) is 9.23. The van der Waals surface area contributed by atoms with E-state index < -0.39 is 29.7 Å². The molecular weight excluding hydrogens is 518 g/mol. The van der Waals surface area contributed by atoms with E-state index in [1.54, 1.807) is 32.9 Å². The minimum atomic E-state index is -1.05. The number of aromatic hydroxyl groups is 1. The summed E-state index contributed by atoms with van der Waals surface area (Å²) in [6.45, 7) is 11.5. The smallest absolute Gasteiger partial charge is 0.408 e. The largest absolute Gasteiger partial charge is 0.508 e. The van der Waals surface area contributed by atoms with E-state index in [4.69, 9.17) is 4.74 Å². The van der Waals surface area contributed by atoms with Crippen molar-refractivity contribution in [3.05, 3.63) is 72.3 Å². The summed E-state index contributed by atoms with van der Waals surface area (Å²) >= 11 is 0. The molecule has 3 aromatic rings. The van der Waals surface area contributed by atoms with E-state index in [0.717, 1.165) is 17.2 Å². The highest BCUT2D eigenvalue weighted by Crippen LogP contribution is 2.29. The summed E-state index contributed by atoms with van der Waals surface area (Å²) in [6, 6.07) is 17.9. The fourth-order valence-corrected chi connectivity index (χ4v) is 4.68. The Bertz CT molecular complexity index is 1350. The van der Waals surface area contributed by atoms with Crippen molar-refractivity contribution in [2.24, 2.45) is 5.92 Å². The second kappa shape index (κ2) is 14.0. The molecule has 2 unspecified atom stereocenters. The summed E-state index contributed by atoms with van der Waals surface area (Å²) in [5.41, 5.74) is 0.321. The van der Waals surface area contributed by atoms with Gasteiger partial charge in [-0.3, -0.25) is 9.59 Å². The quantitative estimate of drug-likeness (QED) is 0.239. The molecule has 0 aliphatic rings. The van der Waals surface area contributed by atoms with Gasteiger partial charge in [-0.25, -0.2) is 4.79 Å². The lowest BCUT2D eigenvalue weighted by atomic mass is 9.98. The number of rotatable bonds is 11. The molecule has 0 aromatic heterocycles. The number of carbonyl (C=O) groups excluding carboxylic acids is 3. The van der Waals surface area contributed by atoms with Gasteiger partial charge in [-0.15, -0.1) is 0 Å². The van der Waals surface area contributed by atoms with E-state index >= 15 is 0 Å². The van der Waals surface area contributed by atoms with Crippen molar-refractivity contribution >= 4 is 34.4 Å². The Hall–Kier alpha value is -4.07. The van der Waals surface area contributed by atoms with Crippen LogP contribution < -0.4 is 10.6 Å². The number of fused-ring (bicyclic) bond motifs is 1. The van der Waals surface area contributed by atoms with Crippen LogP contribution in [0.1, 0.15) is 72.4 Å². The molecule has 0 saturated heterocycles. The van der Waals surface area contributed by atoms with Gasteiger partial charge < -0.3 is 25.4 Å². The van der Waals surface area contributed by atoms with Crippen molar-refractivity contribution in [2.45, 2.75) is 78.5 Å². The molecule has 0 aliphatic heterocycles. The molecule has 3 N–H and O–H groups in total. The zero-order chi connectivity index (χ0) is 30.2. The summed E-state index contributed by atoms with van der Waals surface area (Å²) in [6.07, 6.45) is 1.10. The molecular formula is C33H43N3O5. The Morgan fingerprint density at radius 3 is 2.29 bits per heavy atom. The topological polar surface area (TPSA) is 108 Å². The molecule has 0 spiro atoms. The predicted molar refractivity (Wildman–Crippen MR) is 163 cm³/mol. The van der Waals surface area contributed by atoms with Gasteiger partial charge in [0.15, 0.2) is 0 Å². The SMILES string of the molecule is CCCCN(C(=O)C(CC(C)C)NC(=O)OC(C)(C)C)C(C(=O)Nc1ccc2ccccc2c1)c1cccc(O)c1. The van der Waals surface area contributed by atoms with Gasteiger partial charge in [0, 0.05) is 12.2 Å². The highest BCUT2D eigenvalue weighted by atomic mass is 16.6. The number of amides is 3. The van der Waals surface area contributed by atoms with Crippen molar-refractivity contribution in [1.82, 2.24) is 10.2 Å². The molecule has 2 atom stereocenters. The Labute approximate surface area is 243 Å². The van der Waals surface area contributed by atoms with E-state index in [0.29, 0.717) is 24.1 Å². The number of nitrogens with one attached hydrogen (secondary N) is 2. The van der Waals surface area contributed by atoms with Crippen LogP contribution in [0, 0.1) is 5.92 Å². The van der Waals surface area contributed by atoms with Gasteiger partial charge in [0.2, 0.25) is 5.91 Å². The first-order valence-electron chi connectivity index (χ1n) is 14.3. The first kappa shape index (κ1) is 31.5. The van der Waals surface area contributed by atoms with E-state index in [2.05, 4.69) is 10.6 Å². The highest BCUT2D eigenvalue weighted by molar-refractivity contribution is 6.00. The second-order valence-corrected chi connectivity index (χ2v) is 11.8. The molecule has 41 heavy (non-hydrogen) atoms. The Morgan fingerprint density at radius 2 is 1.66 bits per heavy atom. The lowest BCUT2D eigenvalue weighted by Gasteiger charge is -2.35. The maximum atomic E-state index is 14.2. The van der Waals surface area contributed by atoms with Crippen LogP contribution in [0.5, 0.6) is 5.75 Å². The third-order valence-corrected chi connectivity index (χ3v) is 6.49. The van der Waals surface area contributed by atoms with Gasteiger partial charge in [-0.05, 0) is 80.1 Å². The summed E-state index contributed by atoms with van der Waals surface area (Å²) in [7, 11) is 0. The Kier molecular flexibility index (Phi) is 10.8. The first-order chi connectivity index (χ1) is 19.4. The van der Waals surface area contributed by atoms with E-state index in [1.165, 1.54) is 17.0 Å². The summed E-state index contributed by atoms with van der Waals surface area (Å²) < 4.78 is 5.45. The van der Waals surface area contributed by atoms with Crippen molar-refractivity contribution in [3.63, 3.8) is 0 Å². The summed E-state index contributed by atoms with van der Waals surface area (Å²) in [5, 5.41) is 18.0. The summed E-state index contributed by atoms with van der Waals surface area (Å²) in [5.74, 6) is -0.743.